The maximum atomic E-state index is 11.1. The molecule has 1 aromatic rings. The van der Waals surface area contributed by atoms with Crippen LogP contribution in [0.15, 0.2) is 28.7 Å². The van der Waals surface area contributed by atoms with E-state index < -0.39 is 18.6 Å². The lowest BCUT2D eigenvalue weighted by molar-refractivity contribution is -0.147. The molecule has 0 spiro atoms. The quantitative estimate of drug-likeness (QED) is 0.797. The highest BCUT2D eigenvalue weighted by molar-refractivity contribution is 9.10. The second kappa shape index (κ2) is 5.85. The van der Waals surface area contributed by atoms with Crippen molar-refractivity contribution in [2.45, 2.75) is 12.6 Å². The van der Waals surface area contributed by atoms with Crippen LogP contribution in [-0.4, -0.2) is 23.7 Å². The predicted molar refractivity (Wildman–Crippen MR) is 59.0 cm³/mol. The molecular weight excluding hydrogens is 262 g/mol. The number of hydrogen-bond acceptors (Lipinski definition) is 4. The summed E-state index contributed by atoms with van der Waals surface area (Å²) in [5, 5.41) is 8.62. The zero-order chi connectivity index (χ0) is 11.3. The molecule has 0 saturated heterocycles. The Hall–Kier alpha value is -0.910. The number of aliphatic hydroxyl groups is 1. The Morgan fingerprint density at radius 2 is 2.20 bits per heavy atom. The lowest BCUT2D eigenvalue weighted by atomic mass is 10.2. The minimum atomic E-state index is -0.965. The Kier molecular flexibility index (Phi) is 4.74. The molecule has 1 unspecified atom stereocenters. The van der Waals surface area contributed by atoms with E-state index in [-0.39, 0.29) is 6.61 Å². The average Bonchev–Trinajstić information content (AvgIpc) is 2.26. The smallest absolute Gasteiger partial charge is 0.325 e. The van der Waals surface area contributed by atoms with Crippen LogP contribution in [-0.2, 0) is 16.1 Å². The Balaban J connectivity index is 2.51. The number of carbonyl (C=O) groups excluding carboxylic acids is 1. The first-order valence-corrected chi connectivity index (χ1v) is 5.21. The maximum absolute atomic E-state index is 11.1. The van der Waals surface area contributed by atoms with E-state index in [1.54, 1.807) is 0 Å². The second-order valence-electron chi connectivity index (χ2n) is 2.99. The van der Waals surface area contributed by atoms with Gasteiger partial charge in [-0.2, -0.15) is 0 Å². The van der Waals surface area contributed by atoms with Crippen LogP contribution in [0.5, 0.6) is 0 Å². The number of esters is 1. The Labute approximate surface area is 96.2 Å². The Bertz CT molecular complexity index is 343. The molecule has 3 N–H and O–H groups in total. The van der Waals surface area contributed by atoms with Gasteiger partial charge >= 0.3 is 5.97 Å². The fourth-order valence-electron chi connectivity index (χ4n) is 0.946. The lowest BCUT2D eigenvalue weighted by Gasteiger charge is -2.09. The first-order valence-electron chi connectivity index (χ1n) is 4.41. The van der Waals surface area contributed by atoms with E-state index in [0.717, 1.165) is 10.0 Å². The molecule has 4 nitrogen and oxygen atoms in total. The highest BCUT2D eigenvalue weighted by Gasteiger charge is 2.13. The van der Waals surface area contributed by atoms with Crippen molar-refractivity contribution >= 4 is 21.9 Å². The van der Waals surface area contributed by atoms with E-state index in [1.165, 1.54) is 0 Å². The van der Waals surface area contributed by atoms with Gasteiger partial charge in [-0.25, -0.2) is 0 Å². The molecule has 0 heterocycles. The summed E-state index contributed by atoms with van der Waals surface area (Å²) in [6, 6.07) is 6.44. The third-order valence-corrected chi connectivity index (χ3v) is 2.60. The molecule has 0 aliphatic rings. The fraction of sp³-hybridized carbons (Fsp3) is 0.300. The van der Waals surface area contributed by atoms with Crippen LogP contribution in [0.2, 0.25) is 0 Å². The van der Waals surface area contributed by atoms with Gasteiger partial charge in [-0.3, -0.25) is 4.79 Å². The molecule has 15 heavy (non-hydrogen) atoms. The van der Waals surface area contributed by atoms with Gasteiger partial charge in [0.15, 0.2) is 0 Å². The van der Waals surface area contributed by atoms with Crippen LogP contribution < -0.4 is 5.73 Å². The van der Waals surface area contributed by atoms with Gasteiger partial charge in [-0.05, 0) is 6.07 Å². The number of carbonyl (C=O) groups is 1. The van der Waals surface area contributed by atoms with Gasteiger partial charge in [0, 0.05) is 10.0 Å². The van der Waals surface area contributed by atoms with Gasteiger partial charge < -0.3 is 15.6 Å². The number of rotatable bonds is 4. The first kappa shape index (κ1) is 12.2. The molecule has 5 heteroatoms. The SMILES string of the molecule is NC(CO)C(=O)OCc1ccccc1Br. The van der Waals surface area contributed by atoms with Crippen molar-refractivity contribution in [1.82, 2.24) is 0 Å². The third-order valence-electron chi connectivity index (χ3n) is 1.83. The molecule has 0 aliphatic carbocycles. The molecule has 0 saturated carbocycles. The molecule has 0 radical (unpaired) electrons. The highest BCUT2D eigenvalue weighted by Crippen LogP contribution is 2.16. The molecule has 0 fully saturated rings. The van der Waals surface area contributed by atoms with Crippen LogP contribution >= 0.6 is 15.9 Å². The van der Waals surface area contributed by atoms with E-state index in [4.69, 9.17) is 15.6 Å². The Morgan fingerprint density at radius 1 is 1.53 bits per heavy atom. The summed E-state index contributed by atoms with van der Waals surface area (Å²) >= 11 is 3.33. The lowest BCUT2D eigenvalue weighted by Crippen LogP contribution is -2.35. The average molecular weight is 274 g/mol. The molecular formula is C10H12BrNO3. The zero-order valence-electron chi connectivity index (χ0n) is 8.02. The Morgan fingerprint density at radius 3 is 2.80 bits per heavy atom. The number of halogens is 1. The summed E-state index contributed by atoms with van der Waals surface area (Å²) < 4.78 is 5.78. The van der Waals surface area contributed by atoms with E-state index in [2.05, 4.69) is 15.9 Å². The molecule has 82 valence electrons. The number of nitrogens with two attached hydrogens (primary N) is 1. The minimum Gasteiger partial charge on any atom is -0.460 e. The van der Waals surface area contributed by atoms with E-state index in [0.29, 0.717) is 0 Å². The van der Waals surface area contributed by atoms with Crippen molar-refractivity contribution in [2.24, 2.45) is 5.73 Å². The molecule has 1 rings (SSSR count). The van der Waals surface area contributed by atoms with Crippen LogP contribution in [0.3, 0.4) is 0 Å². The molecule has 1 aromatic carbocycles. The standard InChI is InChI=1S/C10H12BrNO3/c11-8-4-2-1-3-7(8)6-15-10(14)9(12)5-13/h1-4,9,13H,5-6,12H2. The summed E-state index contributed by atoms with van der Waals surface area (Å²) in [7, 11) is 0. The summed E-state index contributed by atoms with van der Waals surface area (Å²) in [4.78, 5) is 11.1. The minimum absolute atomic E-state index is 0.147. The van der Waals surface area contributed by atoms with Crippen molar-refractivity contribution < 1.29 is 14.6 Å². The van der Waals surface area contributed by atoms with E-state index >= 15 is 0 Å². The van der Waals surface area contributed by atoms with E-state index in [9.17, 15) is 4.79 Å². The van der Waals surface area contributed by atoms with Gasteiger partial charge in [0.25, 0.3) is 0 Å². The van der Waals surface area contributed by atoms with Crippen LogP contribution in [0.25, 0.3) is 0 Å². The molecule has 0 aromatic heterocycles. The maximum Gasteiger partial charge on any atom is 0.325 e. The topological polar surface area (TPSA) is 72.5 Å². The molecule has 0 amide bonds. The summed E-state index contributed by atoms with van der Waals surface area (Å²) in [6.07, 6.45) is 0. The van der Waals surface area contributed by atoms with E-state index in [1.807, 2.05) is 24.3 Å². The van der Waals surface area contributed by atoms with Gasteiger partial charge in [0.05, 0.1) is 6.61 Å². The van der Waals surface area contributed by atoms with Crippen LogP contribution in [0.4, 0.5) is 0 Å². The first-order chi connectivity index (χ1) is 7.15. The molecule has 0 bridgehead atoms. The van der Waals surface area contributed by atoms with Gasteiger partial charge in [-0.1, -0.05) is 34.1 Å². The molecule has 1 atom stereocenters. The number of ether oxygens (including phenoxy) is 1. The van der Waals surface area contributed by atoms with Crippen LogP contribution in [0, 0.1) is 0 Å². The van der Waals surface area contributed by atoms with Crippen molar-refractivity contribution in [3.05, 3.63) is 34.3 Å². The van der Waals surface area contributed by atoms with Gasteiger partial charge in [0.1, 0.15) is 12.6 Å². The number of hydrogen-bond donors (Lipinski definition) is 2. The predicted octanol–water partition coefficient (Wildman–Crippen LogP) is 0.812. The molecule has 0 aliphatic heterocycles. The third kappa shape index (κ3) is 3.62. The number of benzene rings is 1. The van der Waals surface area contributed by atoms with Crippen molar-refractivity contribution in [1.29, 1.82) is 0 Å². The van der Waals surface area contributed by atoms with Crippen LogP contribution in [0.1, 0.15) is 5.56 Å². The summed E-state index contributed by atoms with van der Waals surface area (Å²) in [5.74, 6) is -0.603. The second-order valence-corrected chi connectivity index (χ2v) is 3.84. The normalized spacial score (nSPS) is 12.2. The van der Waals surface area contributed by atoms with Crippen molar-refractivity contribution in [2.75, 3.05) is 6.61 Å². The summed E-state index contributed by atoms with van der Waals surface area (Å²) in [5.41, 5.74) is 6.14. The highest BCUT2D eigenvalue weighted by atomic mass is 79.9. The van der Waals surface area contributed by atoms with Gasteiger partial charge in [-0.15, -0.1) is 0 Å². The monoisotopic (exact) mass is 273 g/mol. The summed E-state index contributed by atoms with van der Waals surface area (Å²) in [6.45, 7) is -0.261. The van der Waals surface area contributed by atoms with Crippen molar-refractivity contribution in [3.8, 4) is 0 Å². The fourth-order valence-corrected chi connectivity index (χ4v) is 1.35. The zero-order valence-corrected chi connectivity index (χ0v) is 9.61. The number of aliphatic hydroxyl groups excluding tert-OH is 1. The largest absolute Gasteiger partial charge is 0.460 e. The van der Waals surface area contributed by atoms with Crippen molar-refractivity contribution in [3.63, 3.8) is 0 Å². The van der Waals surface area contributed by atoms with Gasteiger partial charge in [0.2, 0.25) is 0 Å².